The molecule has 0 saturated heterocycles. The second-order valence-electron chi connectivity index (χ2n) is 4.44. The minimum atomic E-state index is 0.557. The molecule has 106 valence electrons. The van der Waals surface area contributed by atoms with Crippen LogP contribution in [0.5, 0.6) is 5.75 Å². The molecule has 2 rings (SSSR count). The lowest BCUT2D eigenvalue weighted by Crippen LogP contribution is -2.28. The molecule has 0 spiro atoms. The Kier molecular flexibility index (Phi) is 4.57. The van der Waals surface area contributed by atoms with Crippen molar-refractivity contribution in [2.24, 2.45) is 7.05 Å². The Morgan fingerprint density at radius 1 is 1.40 bits per heavy atom. The monoisotopic (exact) mass is 290 g/mol. The van der Waals surface area contributed by atoms with Gasteiger partial charge in [0.2, 0.25) is 0 Å². The molecule has 0 radical (unpaired) electrons. The predicted octanol–water partition coefficient (Wildman–Crippen LogP) is 2.22. The van der Waals surface area contributed by atoms with Gasteiger partial charge in [-0.15, -0.1) is 0 Å². The van der Waals surface area contributed by atoms with Crippen molar-refractivity contribution in [2.75, 3.05) is 12.4 Å². The first kappa shape index (κ1) is 14.3. The molecule has 6 heteroatoms. The summed E-state index contributed by atoms with van der Waals surface area (Å²) in [4.78, 5) is 0. The molecule has 5 nitrogen and oxygen atoms in total. The standard InChI is InChI=1S/C14H18N4OS/c1-10-7-12(17-18(10)2)9-15-14(20)16-11-5-4-6-13(8-11)19-3/h4-8H,9H2,1-3H3,(H2,15,16,20). The van der Waals surface area contributed by atoms with Gasteiger partial charge < -0.3 is 15.4 Å². The smallest absolute Gasteiger partial charge is 0.171 e. The van der Waals surface area contributed by atoms with Crippen LogP contribution in [0.25, 0.3) is 0 Å². The normalized spacial score (nSPS) is 10.2. The van der Waals surface area contributed by atoms with Gasteiger partial charge in [-0.1, -0.05) is 6.07 Å². The van der Waals surface area contributed by atoms with Crippen LogP contribution in [-0.2, 0) is 13.6 Å². The molecule has 0 amide bonds. The van der Waals surface area contributed by atoms with Crippen LogP contribution in [0.15, 0.2) is 30.3 Å². The van der Waals surface area contributed by atoms with Gasteiger partial charge in [0.25, 0.3) is 0 Å². The van der Waals surface area contributed by atoms with E-state index in [4.69, 9.17) is 17.0 Å². The van der Waals surface area contributed by atoms with Gasteiger partial charge in [0, 0.05) is 24.5 Å². The van der Waals surface area contributed by atoms with Crippen molar-refractivity contribution in [1.82, 2.24) is 15.1 Å². The summed E-state index contributed by atoms with van der Waals surface area (Å²) in [5, 5.41) is 11.2. The molecule has 0 saturated carbocycles. The molecule has 2 aromatic rings. The first-order chi connectivity index (χ1) is 9.58. The number of hydrogen-bond donors (Lipinski definition) is 2. The molecule has 2 N–H and O–H groups in total. The Hall–Kier alpha value is -2.08. The van der Waals surface area contributed by atoms with Crippen LogP contribution in [0.3, 0.4) is 0 Å². The summed E-state index contributed by atoms with van der Waals surface area (Å²) in [6, 6.07) is 9.64. The van der Waals surface area contributed by atoms with Gasteiger partial charge in [0.1, 0.15) is 5.75 Å². The Labute approximate surface area is 123 Å². The van der Waals surface area contributed by atoms with E-state index in [1.807, 2.05) is 49.0 Å². The highest BCUT2D eigenvalue weighted by Crippen LogP contribution is 2.16. The largest absolute Gasteiger partial charge is 0.497 e. The van der Waals surface area contributed by atoms with E-state index in [1.165, 1.54) is 0 Å². The molecule has 0 unspecified atom stereocenters. The van der Waals surface area contributed by atoms with Crippen LogP contribution >= 0.6 is 12.2 Å². The zero-order valence-electron chi connectivity index (χ0n) is 11.8. The number of aromatic nitrogens is 2. The van der Waals surface area contributed by atoms with E-state index < -0.39 is 0 Å². The molecule has 1 aromatic carbocycles. The van der Waals surface area contributed by atoms with Crippen molar-refractivity contribution >= 4 is 23.0 Å². The Balaban J connectivity index is 1.89. The molecule has 20 heavy (non-hydrogen) atoms. The third kappa shape index (κ3) is 3.71. The van der Waals surface area contributed by atoms with E-state index in [0.29, 0.717) is 11.7 Å². The van der Waals surface area contributed by atoms with Gasteiger partial charge in [-0.3, -0.25) is 4.68 Å². The number of anilines is 1. The number of ether oxygens (including phenoxy) is 1. The number of nitrogens with one attached hydrogen (secondary N) is 2. The minimum absolute atomic E-state index is 0.557. The molecule has 1 aromatic heterocycles. The summed E-state index contributed by atoms with van der Waals surface area (Å²) in [5.74, 6) is 0.790. The lowest BCUT2D eigenvalue weighted by atomic mass is 10.3. The van der Waals surface area contributed by atoms with Crippen molar-refractivity contribution < 1.29 is 4.74 Å². The first-order valence-corrected chi connectivity index (χ1v) is 6.67. The lowest BCUT2D eigenvalue weighted by Gasteiger charge is -2.10. The average molecular weight is 290 g/mol. The number of methoxy groups -OCH3 is 1. The maximum Gasteiger partial charge on any atom is 0.171 e. The highest BCUT2D eigenvalue weighted by molar-refractivity contribution is 7.80. The number of nitrogens with zero attached hydrogens (tertiary/aromatic N) is 2. The predicted molar refractivity (Wildman–Crippen MR) is 84.0 cm³/mol. The average Bonchev–Trinajstić information content (AvgIpc) is 2.76. The number of hydrogen-bond acceptors (Lipinski definition) is 3. The van der Waals surface area contributed by atoms with Crippen LogP contribution in [0.1, 0.15) is 11.4 Å². The zero-order chi connectivity index (χ0) is 14.5. The topological polar surface area (TPSA) is 51.1 Å². The molecular formula is C14H18N4OS. The summed E-state index contributed by atoms with van der Waals surface area (Å²) in [5.41, 5.74) is 2.97. The third-order valence-corrected chi connectivity index (χ3v) is 3.17. The summed E-state index contributed by atoms with van der Waals surface area (Å²) in [6.45, 7) is 2.61. The van der Waals surface area contributed by atoms with E-state index in [1.54, 1.807) is 7.11 Å². The van der Waals surface area contributed by atoms with E-state index in [9.17, 15) is 0 Å². The van der Waals surface area contributed by atoms with Crippen LogP contribution in [0, 0.1) is 6.92 Å². The molecule has 0 aliphatic rings. The maximum absolute atomic E-state index is 5.26. The second kappa shape index (κ2) is 6.38. The Morgan fingerprint density at radius 3 is 2.85 bits per heavy atom. The van der Waals surface area contributed by atoms with E-state index in [0.717, 1.165) is 22.8 Å². The zero-order valence-corrected chi connectivity index (χ0v) is 12.6. The molecule has 0 aliphatic heterocycles. The first-order valence-electron chi connectivity index (χ1n) is 6.27. The summed E-state index contributed by atoms with van der Waals surface area (Å²) in [7, 11) is 3.56. The highest BCUT2D eigenvalue weighted by atomic mass is 32.1. The van der Waals surface area contributed by atoms with Crippen molar-refractivity contribution in [3.05, 3.63) is 41.7 Å². The van der Waals surface area contributed by atoms with Crippen LogP contribution in [0.2, 0.25) is 0 Å². The Bertz CT molecular complexity index is 589. The third-order valence-electron chi connectivity index (χ3n) is 2.92. The van der Waals surface area contributed by atoms with E-state index in [-0.39, 0.29) is 0 Å². The molecule has 0 atom stereocenters. The van der Waals surface area contributed by atoms with Crippen LogP contribution < -0.4 is 15.4 Å². The lowest BCUT2D eigenvalue weighted by molar-refractivity contribution is 0.415. The van der Waals surface area contributed by atoms with E-state index >= 15 is 0 Å². The fourth-order valence-electron chi connectivity index (χ4n) is 1.77. The summed E-state index contributed by atoms with van der Waals surface area (Å²) < 4.78 is 7.01. The molecule has 0 aliphatic carbocycles. The van der Waals surface area contributed by atoms with Crippen LogP contribution in [-0.4, -0.2) is 22.0 Å². The van der Waals surface area contributed by atoms with Gasteiger partial charge in [-0.2, -0.15) is 5.10 Å². The van der Waals surface area contributed by atoms with Crippen molar-refractivity contribution in [3.63, 3.8) is 0 Å². The number of thiocarbonyl (C=S) groups is 1. The van der Waals surface area contributed by atoms with Crippen molar-refractivity contribution in [1.29, 1.82) is 0 Å². The number of rotatable bonds is 4. The second-order valence-corrected chi connectivity index (χ2v) is 4.85. The fourth-order valence-corrected chi connectivity index (χ4v) is 1.96. The summed E-state index contributed by atoms with van der Waals surface area (Å²) >= 11 is 5.26. The van der Waals surface area contributed by atoms with Gasteiger partial charge in [0.15, 0.2) is 5.11 Å². The van der Waals surface area contributed by atoms with Gasteiger partial charge >= 0.3 is 0 Å². The molecule has 0 bridgehead atoms. The van der Waals surface area contributed by atoms with Crippen LogP contribution in [0.4, 0.5) is 5.69 Å². The quantitative estimate of drug-likeness (QED) is 0.846. The molecule has 0 fully saturated rings. The number of aryl methyl sites for hydroxylation is 2. The minimum Gasteiger partial charge on any atom is -0.497 e. The van der Waals surface area contributed by atoms with Crippen molar-refractivity contribution in [2.45, 2.75) is 13.5 Å². The maximum atomic E-state index is 5.26. The number of benzene rings is 1. The van der Waals surface area contributed by atoms with Gasteiger partial charge in [-0.05, 0) is 37.3 Å². The SMILES string of the molecule is COc1cccc(NC(=S)NCc2cc(C)n(C)n2)c1. The highest BCUT2D eigenvalue weighted by Gasteiger charge is 2.03. The Morgan fingerprint density at radius 2 is 2.20 bits per heavy atom. The van der Waals surface area contributed by atoms with Gasteiger partial charge in [-0.25, -0.2) is 0 Å². The summed E-state index contributed by atoms with van der Waals surface area (Å²) in [6.07, 6.45) is 0. The molecule has 1 heterocycles. The fraction of sp³-hybridized carbons (Fsp3) is 0.286. The van der Waals surface area contributed by atoms with Crippen molar-refractivity contribution in [3.8, 4) is 5.75 Å². The van der Waals surface area contributed by atoms with Gasteiger partial charge in [0.05, 0.1) is 19.3 Å². The van der Waals surface area contributed by atoms with E-state index in [2.05, 4.69) is 15.7 Å². The molecular weight excluding hydrogens is 272 g/mol.